The molecular formula is C21H24N4O5. The number of furan rings is 1. The molecule has 3 heterocycles. The summed E-state index contributed by atoms with van der Waals surface area (Å²) in [5.74, 6) is 2.57. The van der Waals surface area contributed by atoms with Crippen LogP contribution in [0.4, 0.5) is 0 Å². The summed E-state index contributed by atoms with van der Waals surface area (Å²) in [6.07, 6.45) is 0. The SMILES string of the molecule is COc1cc2nc(CN3CCN(C(=O)c4ccc(C)o4)CC3)[nH]c(=O)c2cc1OC. The molecule has 0 unspecified atom stereocenters. The molecule has 0 bridgehead atoms. The largest absolute Gasteiger partial charge is 0.493 e. The summed E-state index contributed by atoms with van der Waals surface area (Å²) in [4.78, 5) is 36.4. The van der Waals surface area contributed by atoms with Crippen molar-refractivity contribution in [2.24, 2.45) is 0 Å². The molecule has 2 aromatic heterocycles. The number of fused-ring (bicyclic) bond motifs is 1. The Labute approximate surface area is 173 Å². The molecule has 158 valence electrons. The molecule has 1 amide bonds. The molecule has 30 heavy (non-hydrogen) atoms. The van der Waals surface area contributed by atoms with Crippen molar-refractivity contribution in [2.75, 3.05) is 40.4 Å². The van der Waals surface area contributed by atoms with Gasteiger partial charge in [0.25, 0.3) is 11.5 Å². The number of piperazine rings is 1. The number of methoxy groups -OCH3 is 2. The number of ether oxygens (including phenoxy) is 2. The van der Waals surface area contributed by atoms with Gasteiger partial charge in [0, 0.05) is 32.2 Å². The molecule has 0 spiro atoms. The number of carbonyl (C=O) groups excluding carboxylic acids is 1. The van der Waals surface area contributed by atoms with Crippen molar-refractivity contribution in [3.05, 3.63) is 52.0 Å². The van der Waals surface area contributed by atoms with E-state index in [-0.39, 0.29) is 11.5 Å². The number of hydrogen-bond acceptors (Lipinski definition) is 7. The number of nitrogens with zero attached hydrogens (tertiary/aromatic N) is 3. The molecule has 1 fully saturated rings. The molecule has 0 radical (unpaired) electrons. The highest BCUT2D eigenvalue weighted by Gasteiger charge is 2.24. The first-order valence-electron chi connectivity index (χ1n) is 9.71. The van der Waals surface area contributed by atoms with Crippen LogP contribution in [0.25, 0.3) is 10.9 Å². The third kappa shape index (κ3) is 3.88. The van der Waals surface area contributed by atoms with Gasteiger partial charge in [-0.3, -0.25) is 14.5 Å². The lowest BCUT2D eigenvalue weighted by Crippen LogP contribution is -2.48. The van der Waals surface area contributed by atoms with Crippen LogP contribution in [0, 0.1) is 6.92 Å². The molecule has 0 atom stereocenters. The van der Waals surface area contributed by atoms with Gasteiger partial charge in [-0.2, -0.15) is 0 Å². The van der Waals surface area contributed by atoms with Crippen LogP contribution in [0.3, 0.4) is 0 Å². The highest BCUT2D eigenvalue weighted by molar-refractivity contribution is 5.91. The summed E-state index contributed by atoms with van der Waals surface area (Å²) in [5.41, 5.74) is 0.325. The number of benzene rings is 1. The van der Waals surface area contributed by atoms with E-state index in [4.69, 9.17) is 13.9 Å². The van der Waals surface area contributed by atoms with E-state index in [1.165, 1.54) is 7.11 Å². The number of amides is 1. The van der Waals surface area contributed by atoms with Crippen LogP contribution in [0.15, 0.2) is 33.5 Å². The van der Waals surface area contributed by atoms with Gasteiger partial charge >= 0.3 is 0 Å². The number of H-pyrrole nitrogens is 1. The fraction of sp³-hybridized carbons (Fsp3) is 0.381. The van der Waals surface area contributed by atoms with Gasteiger partial charge in [-0.15, -0.1) is 0 Å². The highest BCUT2D eigenvalue weighted by Crippen LogP contribution is 2.30. The number of carbonyl (C=O) groups is 1. The van der Waals surface area contributed by atoms with Gasteiger partial charge in [-0.1, -0.05) is 0 Å². The maximum absolute atomic E-state index is 12.5. The highest BCUT2D eigenvalue weighted by atomic mass is 16.5. The first-order valence-corrected chi connectivity index (χ1v) is 9.71. The van der Waals surface area contributed by atoms with Crippen LogP contribution in [-0.2, 0) is 6.54 Å². The summed E-state index contributed by atoms with van der Waals surface area (Å²) < 4.78 is 16.0. The lowest BCUT2D eigenvalue weighted by atomic mass is 10.2. The number of nitrogens with one attached hydrogen (secondary N) is 1. The van der Waals surface area contributed by atoms with Crippen molar-refractivity contribution in [2.45, 2.75) is 13.5 Å². The van der Waals surface area contributed by atoms with E-state index in [2.05, 4.69) is 14.9 Å². The zero-order chi connectivity index (χ0) is 21.3. The van der Waals surface area contributed by atoms with E-state index in [1.807, 2.05) is 6.92 Å². The minimum atomic E-state index is -0.224. The summed E-state index contributed by atoms with van der Waals surface area (Å²) in [6.45, 7) is 4.83. The Hall–Kier alpha value is -3.33. The van der Waals surface area contributed by atoms with E-state index < -0.39 is 0 Å². The summed E-state index contributed by atoms with van der Waals surface area (Å²) in [7, 11) is 3.07. The lowest BCUT2D eigenvalue weighted by Gasteiger charge is -2.33. The molecule has 3 aromatic rings. The third-order valence-corrected chi connectivity index (χ3v) is 5.24. The molecular weight excluding hydrogens is 388 g/mol. The zero-order valence-electron chi connectivity index (χ0n) is 17.2. The number of aromatic amines is 1. The minimum Gasteiger partial charge on any atom is -0.493 e. The van der Waals surface area contributed by atoms with Crippen molar-refractivity contribution in [1.82, 2.24) is 19.8 Å². The molecule has 0 aliphatic carbocycles. The summed E-state index contributed by atoms with van der Waals surface area (Å²) in [6, 6.07) is 6.83. The Balaban J connectivity index is 1.46. The van der Waals surface area contributed by atoms with E-state index in [1.54, 1.807) is 36.3 Å². The molecule has 1 saturated heterocycles. The third-order valence-electron chi connectivity index (χ3n) is 5.24. The maximum atomic E-state index is 12.5. The van der Waals surface area contributed by atoms with Crippen LogP contribution >= 0.6 is 0 Å². The second kappa shape index (κ2) is 8.19. The van der Waals surface area contributed by atoms with Gasteiger partial charge in [0.15, 0.2) is 17.3 Å². The number of aromatic nitrogens is 2. The maximum Gasteiger partial charge on any atom is 0.289 e. The number of aryl methyl sites for hydroxylation is 1. The summed E-state index contributed by atoms with van der Waals surface area (Å²) in [5, 5.41) is 0.445. The normalized spacial score (nSPS) is 14.8. The van der Waals surface area contributed by atoms with Gasteiger partial charge < -0.3 is 23.8 Å². The smallest absolute Gasteiger partial charge is 0.289 e. The fourth-order valence-corrected chi connectivity index (χ4v) is 3.62. The van der Waals surface area contributed by atoms with Crippen LogP contribution in [-0.4, -0.2) is 66.1 Å². The topological polar surface area (TPSA) is 101 Å². The van der Waals surface area contributed by atoms with Crippen molar-refractivity contribution in [3.8, 4) is 11.5 Å². The minimum absolute atomic E-state index is 0.0963. The van der Waals surface area contributed by atoms with Gasteiger partial charge in [-0.05, 0) is 25.1 Å². The van der Waals surface area contributed by atoms with Crippen LogP contribution in [0.2, 0.25) is 0 Å². The Morgan fingerprint density at radius 2 is 1.83 bits per heavy atom. The average molecular weight is 412 g/mol. The van der Waals surface area contributed by atoms with Crippen molar-refractivity contribution in [3.63, 3.8) is 0 Å². The van der Waals surface area contributed by atoms with E-state index >= 15 is 0 Å². The average Bonchev–Trinajstić information content (AvgIpc) is 3.19. The van der Waals surface area contributed by atoms with Gasteiger partial charge in [0.05, 0.1) is 31.7 Å². The quantitative estimate of drug-likeness (QED) is 0.682. The second-order valence-corrected chi connectivity index (χ2v) is 7.22. The predicted molar refractivity (Wildman–Crippen MR) is 110 cm³/mol. The van der Waals surface area contributed by atoms with Gasteiger partial charge in [0.1, 0.15) is 11.6 Å². The Morgan fingerprint density at radius 3 is 2.47 bits per heavy atom. The van der Waals surface area contributed by atoms with Crippen molar-refractivity contribution in [1.29, 1.82) is 0 Å². The first kappa shape index (κ1) is 20.0. The molecule has 9 nitrogen and oxygen atoms in total. The standard InChI is InChI=1S/C21H24N4O5/c1-13-4-5-16(30-13)21(27)25-8-6-24(7-9-25)12-19-22-15-11-18(29-3)17(28-2)10-14(15)20(26)23-19/h4-5,10-11H,6-9,12H2,1-3H3,(H,22,23,26). The van der Waals surface area contributed by atoms with Gasteiger partial charge in [-0.25, -0.2) is 4.98 Å². The second-order valence-electron chi connectivity index (χ2n) is 7.22. The van der Waals surface area contributed by atoms with Crippen molar-refractivity contribution < 1.29 is 18.7 Å². The molecule has 4 rings (SSSR count). The molecule has 1 aliphatic rings. The zero-order valence-corrected chi connectivity index (χ0v) is 17.2. The van der Waals surface area contributed by atoms with Crippen LogP contribution in [0.1, 0.15) is 22.1 Å². The van der Waals surface area contributed by atoms with Crippen molar-refractivity contribution >= 4 is 16.8 Å². The Morgan fingerprint density at radius 1 is 1.13 bits per heavy atom. The first-order chi connectivity index (χ1) is 14.5. The van der Waals surface area contributed by atoms with Crippen LogP contribution < -0.4 is 15.0 Å². The Kier molecular flexibility index (Phi) is 5.45. The number of hydrogen-bond donors (Lipinski definition) is 1. The number of rotatable bonds is 5. The van der Waals surface area contributed by atoms with Crippen LogP contribution in [0.5, 0.6) is 11.5 Å². The monoisotopic (exact) mass is 412 g/mol. The molecule has 9 heteroatoms. The van der Waals surface area contributed by atoms with E-state index in [0.29, 0.717) is 66.7 Å². The van der Waals surface area contributed by atoms with E-state index in [9.17, 15) is 9.59 Å². The summed E-state index contributed by atoms with van der Waals surface area (Å²) >= 11 is 0. The molecule has 1 aliphatic heterocycles. The Bertz CT molecular complexity index is 1130. The predicted octanol–water partition coefficient (Wildman–Crippen LogP) is 1.80. The van der Waals surface area contributed by atoms with E-state index in [0.717, 1.165) is 5.76 Å². The lowest BCUT2D eigenvalue weighted by molar-refractivity contribution is 0.0593. The molecule has 1 N–H and O–H groups in total. The fourth-order valence-electron chi connectivity index (χ4n) is 3.62. The molecule has 1 aromatic carbocycles. The van der Waals surface area contributed by atoms with Gasteiger partial charge in [0.2, 0.25) is 0 Å². The molecule has 0 saturated carbocycles.